The second-order valence-electron chi connectivity index (χ2n) is 5.09. The highest BCUT2D eigenvalue weighted by Gasteiger charge is 2.22. The highest BCUT2D eigenvalue weighted by Crippen LogP contribution is 2.21. The van der Waals surface area contributed by atoms with Crippen molar-refractivity contribution in [3.63, 3.8) is 0 Å². The summed E-state index contributed by atoms with van der Waals surface area (Å²) in [5, 5.41) is 8.41. The fourth-order valence-corrected chi connectivity index (χ4v) is 1.98. The van der Waals surface area contributed by atoms with Crippen LogP contribution >= 0.6 is 15.9 Å². The molecule has 96 valence electrons. The van der Waals surface area contributed by atoms with Crippen molar-refractivity contribution in [2.24, 2.45) is 0 Å². The summed E-state index contributed by atoms with van der Waals surface area (Å²) in [6.45, 7) is 5.51. The first-order valence-corrected chi connectivity index (χ1v) is 6.79. The number of hydrogen-bond acceptors (Lipinski definition) is 3. The molecule has 1 aromatic heterocycles. The van der Waals surface area contributed by atoms with Crippen molar-refractivity contribution in [2.75, 3.05) is 0 Å². The molecule has 0 atom stereocenters. The molecule has 0 amide bonds. The van der Waals surface area contributed by atoms with Crippen LogP contribution in [0.25, 0.3) is 10.9 Å². The van der Waals surface area contributed by atoms with Gasteiger partial charge in [0.25, 0.3) is 0 Å². The standard InChI is InChI=1S/C13H15BrN2O2/c1-13(2,3)18-12(17)11-9-6-8(7-14)4-5-10(9)15-16-11/h4-6H,7H2,1-3H3,(H,15,16). The minimum atomic E-state index is -0.518. The van der Waals surface area contributed by atoms with Gasteiger partial charge in [-0.2, -0.15) is 5.10 Å². The predicted molar refractivity (Wildman–Crippen MR) is 73.9 cm³/mol. The third-order valence-corrected chi connectivity index (χ3v) is 3.02. The molecule has 0 aliphatic rings. The minimum Gasteiger partial charge on any atom is -0.455 e. The smallest absolute Gasteiger partial charge is 0.360 e. The van der Waals surface area contributed by atoms with Gasteiger partial charge in [-0.05, 0) is 38.5 Å². The lowest BCUT2D eigenvalue weighted by atomic mass is 10.1. The topological polar surface area (TPSA) is 55.0 Å². The number of H-pyrrole nitrogens is 1. The largest absolute Gasteiger partial charge is 0.455 e. The molecule has 0 saturated heterocycles. The van der Waals surface area contributed by atoms with Crippen molar-refractivity contribution in [3.8, 4) is 0 Å². The Balaban J connectivity index is 2.42. The number of rotatable bonds is 2. The van der Waals surface area contributed by atoms with Gasteiger partial charge in [0.15, 0.2) is 5.69 Å². The predicted octanol–water partition coefficient (Wildman–Crippen LogP) is 3.41. The van der Waals surface area contributed by atoms with E-state index in [9.17, 15) is 4.79 Å². The number of nitrogens with one attached hydrogen (secondary N) is 1. The summed E-state index contributed by atoms with van der Waals surface area (Å²) in [5.74, 6) is -0.402. The number of carbonyl (C=O) groups is 1. The molecule has 18 heavy (non-hydrogen) atoms. The zero-order chi connectivity index (χ0) is 13.3. The molecule has 0 aliphatic heterocycles. The number of ether oxygens (including phenoxy) is 1. The maximum Gasteiger partial charge on any atom is 0.360 e. The van der Waals surface area contributed by atoms with Crippen molar-refractivity contribution in [3.05, 3.63) is 29.5 Å². The van der Waals surface area contributed by atoms with Gasteiger partial charge in [0, 0.05) is 10.7 Å². The van der Waals surface area contributed by atoms with Crippen LogP contribution < -0.4 is 0 Å². The van der Waals surface area contributed by atoms with E-state index in [4.69, 9.17) is 4.74 Å². The average Bonchev–Trinajstić information content (AvgIpc) is 2.69. The third-order valence-electron chi connectivity index (χ3n) is 2.37. The van der Waals surface area contributed by atoms with Gasteiger partial charge in [-0.25, -0.2) is 4.79 Å². The minimum absolute atomic E-state index is 0.336. The van der Waals surface area contributed by atoms with Gasteiger partial charge in [0.1, 0.15) is 5.60 Å². The van der Waals surface area contributed by atoms with Crippen molar-refractivity contribution in [2.45, 2.75) is 31.7 Å². The summed E-state index contributed by atoms with van der Waals surface area (Å²) < 4.78 is 5.33. The van der Waals surface area contributed by atoms with E-state index in [-0.39, 0.29) is 0 Å². The number of esters is 1. The van der Waals surface area contributed by atoms with Gasteiger partial charge in [-0.3, -0.25) is 5.10 Å². The van der Waals surface area contributed by atoms with Crippen LogP contribution in [0, 0.1) is 0 Å². The number of carbonyl (C=O) groups excluding carboxylic acids is 1. The molecule has 1 aromatic carbocycles. The molecule has 2 aromatic rings. The number of alkyl halides is 1. The molecule has 4 nitrogen and oxygen atoms in total. The summed E-state index contributed by atoms with van der Waals surface area (Å²) in [7, 11) is 0. The molecule has 0 aliphatic carbocycles. The molecule has 1 N–H and O–H groups in total. The zero-order valence-corrected chi connectivity index (χ0v) is 12.2. The normalized spacial score (nSPS) is 11.8. The molecule has 0 spiro atoms. The van der Waals surface area contributed by atoms with Gasteiger partial charge in [0.2, 0.25) is 0 Å². The van der Waals surface area contributed by atoms with Crippen LogP contribution in [-0.4, -0.2) is 21.8 Å². The first-order valence-electron chi connectivity index (χ1n) is 5.67. The molecule has 1 heterocycles. The van der Waals surface area contributed by atoms with Gasteiger partial charge in [-0.1, -0.05) is 22.0 Å². The van der Waals surface area contributed by atoms with Crippen molar-refractivity contribution in [1.82, 2.24) is 10.2 Å². The number of benzene rings is 1. The Morgan fingerprint density at radius 3 is 2.78 bits per heavy atom. The monoisotopic (exact) mass is 310 g/mol. The first-order chi connectivity index (χ1) is 8.40. The highest BCUT2D eigenvalue weighted by atomic mass is 79.9. The van der Waals surface area contributed by atoms with E-state index in [1.54, 1.807) is 0 Å². The number of fused-ring (bicyclic) bond motifs is 1. The van der Waals surface area contributed by atoms with E-state index in [2.05, 4.69) is 26.1 Å². The lowest BCUT2D eigenvalue weighted by molar-refractivity contribution is 0.00651. The molecule has 0 fully saturated rings. The van der Waals surface area contributed by atoms with Gasteiger partial charge < -0.3 is 4.74 Å². The van der Waals surface area contributed by atoms with E-state index in [1.165, 1.54) is 0 Å². The van der Waals surface area contributed by atoms with E-state index in [0.717, 1.165) is 21.8 Å². The number of aromatic nitrogens is 2. The Bertz CT molecular complexity index is 584. The molecule has 0 bridgehead atoms. The Kier molecular flexibility index (Phi) is 3.43. The maximum atomic E-state index is 12.0. The van der Waals surface area contributed by atoms with Crippen LogP contribution in [0.3, 0.4) is 0 Å². The van der Waals surface area contributed by atoms with Crippen LogP contribution in [0.15, 0.2) is 18.2 Å². The lowest BCUT2D eigenvalue weighted by Gasteiger charge is -2.18. The van der Waals surface area contributed by atoms with Crippen molar-refractivity contribution in [1.29, 1.82) is 0 Å². The van der Waals surface area contributed by atoms with E-state index in [0.29, 0.717) is 5.69 Å². The van der Waals surface area contributed by atoms with Crippen LogP contribution in [0.5, 0.6) is 0 Å². The molecule has 0 unspecified atom stereocenters. The average molecular weight is 311 g/mol. The third kappa shape index (κ3) is 2.72. The van der Waals surface area contributed by atoms with Gasteiger partial charge in [0.05, 0.1) is 5.52 Å². The zero-order valence-electron chi connectivity index (χ0n) is 10.6. The fourth-order valence-electron chi connectivity index (χ4n) is 1.63. The second-order valence-corrected chi connectivity index (χ2v) is 5.65. The molecular formula is C13H15BrN2O2. The Morgan fingerprint density at radius 1 is 1.44 bits per heavy atom. The van der Waals surface area contributed by atoms with Gasteiger partial charge in [-0.15, -0.1) is 0 Å². The van der Waals surface area contributed by atoms with Crippen LogP contribution in [0.4, 0.5) is 0 Å². The summed E-state index contributed by atoms with van der Waals surface area (Å²) in [4.78, 5) is 12.0. The van der Waals surface area contributed by atoms with Gasteiger partial charge >= 0.3 is 5.97 Å². The number of hydrogen-bond donors (Lipinski definition) is 1. The second kappa shape index (κ2) is 4.72. The highest BCUT2D eigenvalue weighted by molar-refractivity contribution is 9.08. The SMILES string of the molecule is CC(C)(C)OC(=O)c1n[nH]c2ccc(CBr)cc12. The lowest BCUT2D eigenvalue weighted by Crippen LogP contribution is -2.24. The fraction of sp³-hybridized carbons (Fsp3) is 0.385. The van der Waals surface area contributed by atoms with Crippen molar-refractivity contribution < 1.29 is 9.53 Å². The Hall–Kier alpha value is -1.36. The first kappa shape index (κ1) is 13.1. The quantitative estimate of drug-likeness (QED) is 0.683. The number of halogens is 1. The summed E-state index contributed by atoms with van der Waals surface area (Å²) in [5.41, 5.74) is 1.74. The molecule has 5 heteroatoms. The Morgan fingerprint density at radius 2 is 2.17 bits per heavy atom. The summed E-state index contributed by atoms with van der Waals surface area (Å²) >= 11 is 3.40. The van der Waals surface area contributed by atoms with E-state index >= 15 is 0 Å². The van der Waals surface area contributed by atoms with E-state index in [1.807, 2.05) is 39.0 Å². The molecule has 0 saturated carbocycles. The Labute approximate surface area is 114 Å². The summed E-state index contributed by atoms with van der Waals surface area (Å²) in [6, 6.07) is 5.83. The summed E-state index contributed by atoms with van der Waals surface area (Å²) in [6.07, 6.45) is 0. The number of aromatic amines is 1. The molecule has 2 rings (SSSR count). The van der Waals surface area contributed by atoms with E-state index < -0.39 is 11.6 Å². The van der Waals surface area contributed by atoms with Crippen LogP contribution in [0.1, 0.15) is 36.8 Å². The van der Waals surface area contributed by atoms with Crippen LogP contribution in [0.2, 0.25) is 0 Å². The number of nitrogens with zero attached hydrogens (tertiary/aromatic N) is 1. The van der Waals surface area contributed by atoms with Crippen molar-refractivity contribution >= 4 is 32.8 Å². The van der Waals surface area contributed by atoms with Crippen LogP contribution in [-0.2, 0) is 10.1 Å². The molecule has 0 radical (unpaired) electrons. The molecular weight excluding hydrogens is 296 g/mol. The maximum absolute atomic E-state index is 12.0.